The van der Waals surface area contributed by atoms with E-state index in [1.165, 1.54) is 22.5 Å². The fraction of sp³-hybridized carbons (Fsp3) is 0.500. The molecule has 2 atom stereocenters. The Balaban J connectivity index is 2.03. The molecule has 92 valence electrons. The fourth-order valence-corrected chi connectivity index (χ4v) is 4.09. The summed E-state index contributed by atoms with van der Waals surface area (Å²) in [5, 5.41) is 1.25. The van der Waals surface area contributed by atoms with Gasteiger partial charge in [-0.3, -0.25) is 0 Å². The van der Waals surface area contributed by atoms with Crippen molar-refractivity contribution in [2.75, 3.05) is 0 Å². The number of thiazole rings is 1. The van der Waals surface area contributed by atoms with E-state index in [9.17, 15) is 0 Å². The van der Waals surface area contributed by atoms with E-state index in [4.69, 9.17) is 0 Å². The summed E-state index contributed by atoms with van der Waals surface area (Å²) in [6.45, 7) is 4.56. The van der Waals surface area contributed by atoms with Crippen LogP contribution in [-0.4, -0.2) is 9.81 Å². The van der Waals surface area contributed by atoms with E-state index in [0.29, 0.717) is 4.83 Å². The first kappa shape index (κ1) is 13.0. The number of nitrogens with zero attached hydrogens (tertiary/aromatic N) is 1. The van der Waals surface area contributed by atoms with Crippen molar-refractivity contribution in [1.29, 1.82) is 0 Å². The lowest BCUT2D eigenvalue weighted by Crippen LogP contribution is -2.07. The van der Waals surface area contributed by atoms with Crippen molar-refractivity contribution >= 4 is 37.5 Å². The van der Waals surface area contributed by atoms with Crippen LogP contribution in [0.5, 0.6) is 0 Å². The maximum absolute atomic E-state index is 4.67. The molecule has 2 aromatic rings. The van der Waals surface area contributed by atoms with Crippen molar-refractivity contribution < 1.29 is 0 Å². The van der Waals surface area contributed by atoms with E-state index in [1.54, 1.807) is 0 Å². The molecule has 3 heteroatoms. The zero-order valence-corrected chi connectivity index (χ0v) is 12.7. The van der Waals surface area contributed by atoms with Crippen LogP contribution < -0.4 is 0 Å². The van der Waals surface area contributed by atoms with E-state index >= 15 is 0 Å². The van der Waals surface area contributed by atoms with Gasteiger partial charge >= 0.3 is 0 Å². The van der Waals surface area contributed by atoms with Gasteiger partial charge in [-0.1, -0.05) is 48.3 Å². The van der Waals surface area contributed by atoms with Crippen molar-refractivity contribution in [2.45, 2.75) is 37.9 Å². The van der Waals surface area contributed by atoms with Crippen LogP contribution >= 0.6 is 27.3 Å². The Hall–Kier alpha value is -0.410. The van der Waals surface area contributed by atoms with Crippen LogP contribution in [0.4, 0.5) is 0 Å². The smallest absolute Gasteiger partial charge is 0.0949 e. The van der Waals surface area contributed by atoms with E-state index in [1.807, 2.05) is 11.3 Å². The highest BCUT2D eigenvalue weighted by Crippen LogP contribution is 2.26. The lowest BCUT2D eigenvalue weighted by atomic mass is 10.0. The van der Waals surface area contributed by atoms with E-state index in [2.05, 4.69) is 59.0 Å². The van der Waals surface area contributed by atoms with Gasteiger partial charge in [-0.05, 0) is 24.5 Å². The highest BCUT2D eigenvalue weighted by atomic mass is 79.9. The lowest BCUT2D eigenvalue weighted by molar-refractivity contribution is 0.507. The predicted molar refractivity (Wildman–Crippen MR) is 80.1 cm³/mol. The number of para-hydroxylation sites is 1. The second-order valence-electron chi connectivity index (χ2n) is 4.63. The molecule has 0 fully saturated rings. The molecule has 2 unspecified atom stereocenters. The maximum atomic E-state index is 4.67. The molecule has 17 heavy (non-hydrogen) atoms. The first-order chi connectivity index (χ1) is 8.19. The predicted octanol–water partition coefficient (Wildman–Crippen LogP) is 5.04. The Morgan fingerprint density at radius 3 is 2.82 bits per heavy atom. The first-order valence-corrected chi connectivity index (χ1v) is 7.90. The van der Waals surface area contributed by atoms with Gasteiger partial charge in [0, 0.05) is 11.2 Å². The SMILES string of the molecule is CCC(C)CC(Br)Cc1nc2ccccc2s1. The molecule has 0 radical (unpaired) electrons. The van der Waals surface area contributed by atoms with Crippen LogP contribution in [0, 0.1) is 5.92 Å². The minimum atomic E-state index is 0.554. The molecule has 0 aliphatic heterocycles. The van der Waals surface area contributed by atoms with Crippen LogP contribution in [0.25, 0.3) is 10.2 Å². The quantitative estimate of drug-likeness (QED) is 0.705. The number of aromatic nitrogens is 1. The minimum Gasteiger partial charge on any atom is -0.241 e. The molecule has 0 aliphatic carbocycles. The van der Waals surface area contributed by atoms with Crippen LogP contribution in [-0.2, 0) is 6.42 Å². The number of halogens is 1. The van der Waals surface area contributed by atoms with Crippen molar-refractivity contribution in [2.24, 2.45) is 5.92 Å². The summed E-state index contributed by atoms with van der Waals surface area (Å²) in [5.41, 5.74) is 1.13. The maximum Gasteiger partial charge on any atom is 0.0949 e. The van der Waals surface area contributed by atoms with Gasteiger partial charge in [0.15, 0.2) is 0 Å². The molecule has 0 saturated heterocycles. The average molecular weight is 312 g/mol. The van der Waals surface area contributed by atoms with Crippen molar-refractivity contribution in [3.8, 4) is 0 Å². The third-order valence-electron chi connectivity index (χ3n) is 3.09. The van der Waals surface area contributed by atoms with E-state index < -0.39 is 0 Å². The highest BCUT2D eigenvalue weighted by Gasteiger charge is 2.12. The van der Waals surface area contributed by atoms with Crippen LogP contribution in [0.1, 0.15) is 31.7 Å². The lowest BCUT2D eigenvalue weighted by Gasteiger charge is -2.12. The average Bonchev–Trinajstić information content (AvgIpc) is 2.70. The summed E-state index contributed by atoms with van der Waals surface area (Å²) in [5.74, 6) is 0.786. The van der Waals surface area contributed by atoms with Gasteiger partial charge in [0.1, 0.15) is 0 Å². The number of hydrogen-bond acceptors (Lipinski definition) is 2. The molecular weight excluding hydrogens is 294 g/mol. The Kier molecular flexibility index (Phi) is 4.57. The Bertz CT molecular complexity index is 447. The molecule has 0 saturated carbocycles. The molecule has 1 aromatic carbocycles. The Morgan fingerprint density at radius 2 is 2.12 bits per heavy atom. The number of hydrogen-bond donors (Lipinski definition) is 0. The van der Waals surface area contributed by atoms with Crippen molar-refractivity contribution in [3.05, 3.63) is 29.3 Å². The van der Waals surface area contributed by atoms with Crippen LogP contribution in [0.15, 0.2) is 24.3 Å². The minimum absolute atomic E-state index is 0.554. The van der Waals surface area contributed by atoms with Gasteiger partial charge in [0.25, 0.3) is 0 Å². The summed E-state index contributed by atoms with van der Waals surface area (Å²) in [4.78, 5) is 5.23. The zero-order chi connectivity index (χ0) is 12.3. The third-order valence-corrected chi connectivity index (χ3v) is 4.85. The third kappa shape index (κ3) is 3.52. The van der Waals surface area contributed by atoms with Crippen LogP contribution in [0.3, 0.4) is 0 Å². The van der Waals surface area contributed by atoms with Gasteiger partial charge in [-0.25, -0.2) is 4.98 Å². The summed E-state index contributed by atoms with van der Waals surface area (Å²) >= 11 is 5.60. The second kappa shape index (κ2) is 5.96. The number of alkyl halides is 1. The molecule has 0 aliphatic rings. The van der Waals surface area contributed by atoms with Gasteiger partial charge in [0.05, 0.1) is 15.2 Å². The van der Waals surface area contributed by atoms with Crippen molar-refractivity contribution in [1.82, 2.24) is 4.98 Å². The van der Waals surface area contributed by atoms with Crippen LogP contribution in [0.2, 0.25) is 0 Å². The van der Waals surface area contributed by atoms with E-state index in [0.717, 1.165) is 17.9 Å². The standard InChI is InChI=1S/C14H18BrNS/c1-3-10(2)8-11(15)9-14-16-12-6-4-5-7-13(12)17-14/h4-7,10-11H,3,8-9H2,1-2H3. The normalized spacial score (nSPS) is 15.0. The number of fused-ring (bicyclic) bond motifs is 1. The molecule has 2 rings (SSSR count). The molecule has 0 spiro atoms. The summed E-state index contributed by atoms with van der Waals surface area (Å²) in [6.07, 6.45) is 3.53. The van der Waals surface area contributed by atoms with Gasteiger partial charge in [0.2, 0.25) is 0 Å². The molecule has 0 bridgehead atoms. The fourth-order valence-electron chi connectivity index (χ4n) is 1.88. The number of benzene rings is 1. The summed E-state index contributed by atoms with van der Waals surface area (Å²) < 4.78 is 1.30. The summed E-state index contributed by atoms with van der Waals surface area (Å²) in [7, 11) is 0. The molecule has 1 aromatic heterocycles. The topological polar surface area (TPSA) is 12.9 Å². The molecule has 1 nitrogen and oxygen atoms in total. The number of rotatable bonds is 5. The Morgan fingerprint density at radius 1 is 1.35 bits per heavy atom. The molecule has 1 heterocycles. The van der Waals surface area contributed by atoms with Gasteiger partial charge in [-0.2, -0.15) is 0 Å². The molecule has 0 amide bonds. The van der Waals surface area contributed by atoms with Gasteiger partial charge < -0.3 is 0 Å². The molecular formula is C14H18BrNS. The Labute approximate surface area is 115 Å². The monoisotopic (exact) mass is 311 g/mol. The van der Waals surface area contributed by atoms with Crippen molar-refractivity contribution in [3.63, 3.8) is 0 Å². The zero-order valence-electron chi connectivity index (χ0n) is 10.3. The largest absolute Gasteiger partial charge is 0.241 e. The van der Waals surface area contributed by atoms with E-state index in [-0.39, 0.29) is 0 Å². The first-order valence-electron chi connectivity index (χ1n) is 6.17. The second-order valence-corrected chi connectivity index (χ2v) is 7.04. The summed E-state index contributed by atoms with van der Waals surface area (Å²) in [6, 6.07) is 8.37. The molecule has 0 N–H and O–H groups in total. The highest BCUT2D eigenvalue weighted by molar-refractivity contribution is 9.09. The van der Waals surface area contributed by atoms with Gasteiger partial charge in [-0.15, -0.1) is 11.3 Å².